The molecule has 2 aliphatic carbocycles. The van der Waals surface area contributed by atoms with Crippen molar-refractivity contribution in [3.8, 4) is 0 Å². The first kappa shape index (κ1) is 14.6. The van der Waals surface area contributed by atoms with Crippen molar-refractivity contribution in [2.45, 2.75) is 57.0 Å². The highest BCUT2D eigenvalue weighted by Crippen LogP contribution is 2.37. The van der Waals surface area contributed by atoms with E-state index in [1.54, 1.807) is 0 Å². The summed E-state index contributed by atoms with van der Waals surface area (Å²) in [5, 5.41) is 9.06. The first-order chi connectivity index (χ1) is 10.3. The topological polar surface area (TPSA) is 40.5 Å². The fourth-order valence-electron chi connectivity index (χ4n) is 3.61. The highest BCUT2D eigenvalue weighted by atomic mass is 16.3. The van der Waals surface area contributed by atoms with Crippen LogP contribution in [0, 0.1) is 5.92 Å². The second-order valence-electron chi connectivity index (χ2n) is 6.50. The van der Waals surface area contributed by atoms with E-state index < -0.39 is 0 Å². The summed E-state index contributed by atoms with van der Waals surface area (Å²) in [6, 6.07) is 10.6. The van der Waals surface area contributed by atoms with Gasteiger partial charge < -0.3 is 10.0 Å². The lowest BCUT2D eigenvalue weighted by Gasteiger charge is -2.37. The van der Waals surface area contributed by atoms with Crippen molar-refractivity contribution in [3.05, 3.63) is 35.9 Å². The predicted molar refractivity (Wildman–Crippen MR) is 83.1 cm³/mol. The van der Waals surface area contributed by atoms with Crippen LogP contribution in [0.15, 0.2) is 30.3 Å². The van der Waals surface area contributed by atoms with Gasteiger partial charge in [-0.15, -0.1) is 0 Å². The van der Waals surface area contributed by atoms with E-state index in [1.165, 1.54) is 0 Å². The zero-order valence-corrected chi connectivity index (χ0v) is 12.6. The number of carbonyl (C=O) groups is 1. The van der Waals surface area contributed by atoms with Crippen molar-refractivity contribution in [2.24, 2.45) is 5.92 Å². The normalized spacial score (nSPS) is 25.6. The van der Waals surface area contributed by atoms with Crippen molar-refractivity contribution in [3.63, 3.8) is 0 Å². The van der Waals surface area contributed by atoms with Crippen LogP contribution in [0.25, 0.3) is 0 Å². The van der Waals surface area contributed by atoms with E-state index in [-0.39, 0.29) is 5.91 Å². The van der Waals surface area contributed by atoms with Gasteiger partial charge in [-0.2, -0.15) is 0 Å². The third-order valence-electron chi connectivity index (χ3n) is 4.94. The summed E-state index contributed by atoms with van der Waals surface area (Å²) in [5.41, 5.74) is 0.821. The van der Waals surface area contributed by atoms with Crippen LogP contribution in [0.4, 0.5) is 0 Å². The zero-order chi connectivity index (χ0) is 14.7. The minimum absolute atomic E-state index is 0.212. The molecule has 3 rings (SSSR count). The second-order valence-corrected chi connectivity index (χ2v) is 6.50. The quantitative estimate of drug-likeness (QED) is 0.903. The monoisotopic (exact) mass is 287 g/mol. The van der Waals surface area contributed by atoms with Crippen LogP contribution in [-0.2, 0) is 0 Å². The number of hydrogen-bond donors (Lipinski definition) is 1. The largest absolute Gasteiger partial charge is 0.396 e. The van der Waals surface area contributed by atoms with Gasteiger partial charge in [-0.05, 0) is 63.0 Å². The van der Waals surface area contributed by atoms with E-state index in [2.05, 4.69) is 4.90 Å². The molecule has 0 radical (unpaired) electrons. The minimum atomic E-state index is 0.212. The van der Waals surface area contributed by atoms with Crippen molar-refractivity contribution < 1.29 is 9.90 Å². The molecule has 0 bridgehead atoms. The average Bonchev–Trinajstić information content (AvgIpc) is 3.35. The maximum Gasteiger partial charge on any atom is 0.254 e. The van der Waals surface area contributed by atoms with E-state index in [0.29, 0.717) is 24.6 Å². The van der Waals surface area contributed by atoms with Gasteiger partial charge in [0.25, 0.3) is 5.91 Å². The molecule has 0 spiro atoms. The Bertz CT molecular complexity index is 461. The Morgan fingerprint density at radius 2 is 1.57 bits per heavy atom. The molecular weight excluding hydrogens is 262 g/mol. The molecule has 2 saturated carbocycles. The molecule has 1 amide bonds. The van der Waals surface area contributed by atoms with Crippen LogP contribution < -0.4 is 0 Å². The number of amides is 1. The van der Waals surface area contributed by atoms with Gasteiger partial charge in [-0.3, -0.25) is 4.79 Å². The molecule has 1 aromatic rings. The fourth-order valence-corrected chi connectivity index (χ4v) is 3.61. The third kappa shape index (κ3) is 3.46. The molecule has 0 aliphatic heterocycles. The number of rotatable bonds is 5. The lowest BCUT2D eigenvalue weighted by molar-refractivity contribution is 0.0578. The molecule has 2 fully saturated rings. The Hall–Kier alpha value is -1.35. The molecule has 2 aliphatic rings. The summed E-state index contributed by atoms with van der Waals surface area (Å²) < 4.78 is 0. The highest BCUT2D eigenvalue weighted by Gasteiger charge is 2.38. The van der Waals surface area contributed by atoms with Gasteiger partial charge in [0.05, 0.1) is 0 Å². The third-order valence-corrected chi connectivity index (χ3v) is 4.94. The number of carbonyl (C=O) groups excluding carboxylic acids is 1. The highest BCUT2D eigenvalue weighted by molar-refractivity contribution is 5.94. The Labute approximate surface area is 127 Å². The summed E-state index contributed by atoms with van der Waals surface area (Å²) in [5.74, 6) is 0.864. The fraction of sp³-hybridized carbons (Fsp3) is 0.611. The number of aliphatic hydroxyl groups is 1. The maximum atomic E-state index is 12.8. The molecule has 114 valence electrons. The standard InChI is InChI=1S/C18H25NO2/c20-13-12-14-6-8-16(9-7-14)19(17-10-11-17)18(21)15-4-2-1-3-5-15/h1-5,14,16-17,20H,6-13H2. The van der Waals surface area contributed by atoms with E-state index >= 15 is 0 Å². The van der Waals surface area contributed by atoms with Crippen molar-refractivity contribution >= 4 is 5.91 Å². The van der Waals surface area contributed by atoms with Gasteiger partial charge in [0.15, 0.2) is 0 Å². The number of nitrogens with zero attached hydrogens (tertiary/aromatic N) is 1. The maximum absolute atomic E-state index is 12.8. The Kier molecular flexibility index (Phi) is 4.59. The van der Waals surface area contributed by atoms with Gasteiger partial charge in [0.2, 0.25) is 0 Å². The van der Waals surface area contributed by atoms with Crippen LogP contribution in [-0.4, -0.2) is 34.6 Å². The number of hydrogen-bond acceptors (Lipinski definition) is 2. The van der Waals surface area contributed by atoms with Crippen molar-refractivity contribution in [2.75, 3.05) is 6.61 Å². The average molecular weight is 287 g/mol. The van der Waals surface area contributed by atoms with E-state index in [0.717, 1.165) is 50.5 Å². The number of benzene rings is 1. The lowest BCUT2D eigenvalue weighted by atomic mass is 9.83. The van der Waals surface area contributed by atoms with Crippen molar-refractivity contribution in [1.82, 2.24) is 4.90 Å². The molecule has 0 heterocycles. The lowest BCUT2D eigenvalue weighted by Crippen LogP contribution is -2.44. The SMILES string of the molecule is O=C(c1ccccc1)N(C1CCC(CCO)CC1)C1CC1. The molecule has 3 nitrogen and oxygen atoms in total. The molecular formula is C18H25NO2. The molecule has 3 heteroatoms. The molecule has 0 saturated heterocycles. The Balaban J connectivity index is 1.67. The zero-order valence-electron chi connectivity index (χ0n) is 12.6. The molecule has 0 unspecified atom stereocenters. The Morgan fingerprint density at radius 3 is 2.10 bits per heavy atom. The van der Waals surface area contributed by atoms with Crippen LogP contribution in [0.5, 0.6) is 0 Å². The summed E-state index contributed by atoms with van der Waals surface area (Å²) >= 11 is 0. The molecule has 0 atom stereocenters. The summed E-state index contributed by atoms with van der Waals surface area (Å²) in [7, 11) is 0. The van der Waals surface area contributed by atoms with Crippen LogP contribution in [0.2, 0.25) is 0 Å². The first-order valence-corrected chi connectivity index (χ1v) is 8.28. The van der Waals surface area contributed by atoms with E-state index in [1.807, 2.05) is 30.3 Å². The van der Waals surface area contributed by atoms with Crippen LogP contribution >= 0.6 is 0 Å². The summed E-state index contributed by atoms with van der Waals surface area (Å²) in [4.78, 5) is 15.0. The van der Waals surface area contributed by atoms with Gasteiger partial charge in [0, 0.05) is 24.3 Å². The van der Waals surface area contributed by atoms with Crippen molar-refractivity contribution in [1.29, 1.82) is 0 Å². The second kappa shape index (κ2) is 6.61. The Morgan fingerprint density at radius 1 is 1.00 bits per heavy atom. The minimum Gasteiger partial charge on any atom is -0.396 e. The molecule has 1 N–H and O–H groups in total. The molecule has 21 heavy (non-hydrogen) atoms. The van der Waals surface area contributed by atoms with Crippen LogP contribution in [0.1, 0.15) is 55.3 Å². The van der Waals surface area contributed by atoms with E-state index in [9.17, 15) is 4.79 Å². The molecule has 1 aromatic carbocycles. The smallest absolute Gasteiger partial charge is 0.254 e. The summed E-state index contributed by atoms with van der Waals surface area (Å²) in [6.07, 6.45) is 7.74. The first-order valence-electron chi connectivity index (χ1n) is 8.28. The summed E-state index contributed by atoms with van der Waals surface area (Å²) in [6.45, 7) is 0.296. The number of aliphatic hydroxyl groups excluding tert-OH is 1. The van der Waals surface area contributed by atoms with Gasteiger partial charge in [-0.1, -0.05) is 18.2 Å². The van der Waals surface area contributed by atoms with E-state index in [4.69, 9.17) is 5.11 Å². The van der Waals surface area contributed by atoms with Gasteiger partial charge >= 0.3 is 0 Å². The van der Waals surface area contributed by atoms with Gasteiger partial charge in [-0.25, -0.2) is 0 Å². The molecule has 0 aromatic heterocycles. The predicted octanol–water partition coefficient (Wildman–Crippen LogP) is 3.23. The van der Waals surface area contributed by atoms with Crippen LogP contribution in [0.3, 0.4) is 0 Å². The van der Waals surface area contributed by atoms with Gasteiger partial charge in [0.1, 0.15) is 0 Å².